The quantitative estimate of drug-likeness (QED) is 0.493. The van der Waals surface area contributed by atoms with E-state index in [0.29, 0.717) is 31.0 Å². The van der Waals surface area contributed by atoms with Crippen molar-refractivity contribution in [2.75, 3.05) is 36.8 Å². The molecule has 5 rings (SSSR count). The van der Waals surface area contributed by atoms with Crippen LogP contribution in [0.4, 0.5) is 25.0 Å². The van der Waals surface area contributed by atoms with Crippen molar-refractivity contribution in [3.63, 3.8) is 0 Å². The number of fused-ring (bicyclic) bond motifs is 1. The maximum absolute atomic E-state index is 15.1. The predicted molar refractivity (Wildman–Crippen MR) is 136 cm³/mol. The van der Waals surface area contributed by atoms with Crippen LogP contribution in [-0.4, -0.2) is 66.2 Å². The number of hydrogen-bond acceptors (Lipinski definition) is 7. The summed E-state index contributed by atoms with van der Waals surface area (Å²) < 4.78 is 29.0. The molecule has 0 bridgehead atoms. The number of nitrogens with zero attached hydrogens (tertiary/aromatic N) is 4. The van der Waals surface area contributed by atoms with E-state index in [1.807, 2.05) is 11.0 Å². The Hall–Kier alpha value is -4.32. The Morgan fingerprint density at radius 1 is 1.16 bits per heavy atom. The molecule has 2 aromatic rings. The van der Waals surface area contributed by atoms with Crippen molar-refractivity contribution < 1.29 is 18.4 Å². The average molecular weight is 509 g/mol. The summed E-state index contributed by atoms with van der Waals surface area (Å²) >= 11 is 0. The largest absolute Gasteiger partial charge is 0.385 e. The number of benzene rings is 2. The van der Waals surface area contributed by atoms with E-state index in [4.69, 9.17) is 5.73 Å². The molecule has 3 aliphatic heterocycles. The van der Waals surface area contributed by atoms with Gasteiger partial charge < -0.3 is 21.7 Å². The molecule has 3 heterocycles. The second-order valence-corrected chi connectivity index (χ2v) is 9.12. The summed E-state index contributed by atoms with van der Waals surface area (Å²) in [7, 11) is 0. The van der Waals surface area contributed by atoms with Crippen LogP contribution in [0.15, 0.2) is 58.3 Å². The number of nitrogens with one attached hydrogen (secondary N) is 3. The Kier molecular flexibility index (Phi) is 6.57. The van der Waals surface area contributed by atoms with Crippen molar-refractivity contribution >= 4 is 35.5 Å². The number of amidine groups is 1. The van der Waals surface area contributed by atoms with E-state index in [0.717, 1.165) is 11.3 Å². The van der Waals surface area contributed by atoms with Gasteiger partial charge in [-0.3, -0.25) is 14.7 Å². The normalized spacial score (nSPS) is 21.2. The van der Waals surface area contributed by atoms with Gasteiger partial charge in [0.15, 0.2) is 0 Å². The van der Waals surface area contributed by atoms with Gasteiger partial charge in [0, 0.05) is 31.2 Å². The zero-order chi connectivity index (χ0) is 26.1. The molecule has 192 valence electrons. The third-order valence-corrected chi connectivity index (χ3v) is 6.46. The number of aliphatic imine (C=N–C) groups is 1. The number of nitrogens with two attached hydrogens (primary N) is 1. The van der Waals surface area contributed by atoms with Crippen molar-refractivity contribution in [2.24, 2.45) is 15.8 Å². The fraction of sp³-hybridized carbons (Fsp3) is 0.280. The van der Waals surface area contributed by atoms with Crippen molar-refractivity contribution in [3.8, 4) is 0 Å². The number of carbonyl (C=O) groups is 2. The van der Waals surface area contributed by atoms with Gasteiger partial charge in [-0.1, -0.05) is 18.2 Å². The number of aryl methyl sites for hydroxylation is 1. The monoisotopic (exact) mass is 508 g/mol. The van der Waals surface area contributed by atoms with Gasteiger partial charge in [0.2, 0.25) is 5.91 Å². The summed E-state index contributed by atoms with van der Waals surface area (Å²) in [4.78, 5) is 30.3. The molecule has 2 unspecified atom stereocenters. The zero-order valence-corrected chi connectivity index (χ0v) is 20.0. The molecular formula is C25H26F2N8O2. The van der Waals surface area contributed by atoms with E-state index in [1.54, 1.807) is 24.1 Å². The fourth-order valence-corrected chi connectivity index (χ4v) is 4.70. The average Bonchev–Trinajstić information content (AvgIpc) is 3.22. The number of urea groups is 1. The molecule has 2 atom stereocenters. The lowest BCUT2D eigenvalue weighted by Gasteiger charge is -2.32. The first-order valence-corrected chi connectivity index (χ1v) is 11.8. The molecule has 0 saturated carbocycles. The summed E-state index contributed by atoms with van der Waals surface area (Å²) in [6, 6.07) is 7.56. The van der Waals surface area contributed by atoms with Gasteiger partial charge in [-0.15, -0.1) is 0 Å². The minimum atomic E-state index is -0.770. The van der Waals surface area contributed by atoms with E-state index < -0.39 is 23.7 Å². The van der Waals surface area contributed by atoms with E-state index in [2.05, 4.69) is 26.0 Å². The van der Waals surface area contributed by atoms with E-state index in [1.165, 1.54) is 30.6 Å². The minimum Gasteiger partial charge on any atom is -0.385 e. The highest BCUT2D eigenvalue weighted by atomic mass is 19.1. The molecule has 10 nitrogen and oxygen atoms in total. The number of amides is 3. The Bertz CT molecular complexity index is 1340. The van der Waals surface area contributed by atoms with Gasteiger partial charge in [-0.25, -0.2) is 18.6 Å². The van der Waals surface area contributed by atoms with Crippen molar-refractivity contribution in [1.29, 1.82) is 0 Å². The Balaban J connectivity index is 1.34. The maximum Gasteiger partial charge on any atom is 0.323 e. The first-order valence-electron chi connectivity index (χ1n) is 11.8. The van der Waals surface area contributed by atoms with Crippen molar-refractivity contribution in [2.45, 2.75) is 18.9 Å². The Morgan fingerprint density at radius 2 is 1.97 bits per heavy atom. The molecule has 12 heteroatoms. The highest BCUT2D eigenvalue weighted by Crippen LogP contribution is 2.37. The SMILES string of the molecule is Cc1ccc(F)c(NC(=O)Nc2ccc(C3C=C(CN4CCNC(=O)C4)N4N=CN=C(N)C34)cc2F)c1. The third-order valence-electron chi connectivity index (χ3n) is 6.46. The summed E-state index contributed by atoms with van der Waals surface area (Å²) in [6.07, 6.45) is 3.32. The van der Waals surface area contributed by atoms with Gasteiger partial charge in [0.1, 0.15) is 29.9 Å². The van der Waals surface area contributed by atoms with Crippen LogP contribution in [0.3, 0.4) is 0 Å². The molecule has 2 aromatic carbocycles. The summed E-state index contributed by atoms with van der Waals surface area (Å²) in [5.41, 5.74) is 8.37. The minimum absolute atomic E-state index is 0.00274. The first kappa shape index (κ1) is 24.4. The number of hydrogen-bond donors (Lipinski definition) is 4. The number of hydrazone groups is 1. The molecule has 37 heavy (non-hydrogen) atoms. The van der Waals surface area contributed by atoms with Crippen LogP contribution in [-0.2, 0) is 4.79 Å². The van der Waals surface area contributed by atoms with Crippen molar-refractivity contribution in [1.82, 2.24) is 15.2 Å². The fourth-order valence-electron chi connectivity index (χ4n) is 4.70. The number of piperazine rings is 1. The smallest absolute Gasteiger partial charge is 0.323 e. The van der Waals surface area contributed by atoms with Gasteiger partial charge in [-0.05, 0) is 42.3 Å². The summed E-state index contributed by atoms with van der Waals surface area (Å²) in [5, 5.41) is 13.7. The molecule has 1 saturated heterocycles. The van der Waals surface area contributed by atoms with E-state index in [9.17, 15) is 14.0 Å². The Morgan fingerprint density at radius 3 is 2.76 bits per heavy atom. The van der Waals surface area contributed by atoms with Gasteiger partial charge in [0.05, 0.1) is 17.9 Å². The molecule has 1 fully saturated rings. The molecule has 0 aliphatic carbocycles. The van der Waals surface area contributed by atoms with Crippen LogP contribution in [0, 0.1) is 18.6 Å². The summed E-state index contributed by atoms with van der Waals surface area (Å²) in [6.45, 7) is 3.78. The van der Waals surface area contributed by atoms with Gasteiger partial charge in [-0.2, -0.15) is 5.10 Å². The van der Waals surface area contributed by atoms with Crippen LogP contribution >= 0.6 is 0 Å². The highest BCUT2D eigenvalue weighted by molar-refractivity contribution is 6.00. The van der Waals surface area contributed by atoms with E-state index >= 15 is 4.39 Å². The number of anilines is 2. The lowest BCUT2D eigenvalue weighted by molar-refractivity contribution is -0.123. The summed E-state index contributed by atoms with van der Waals surface area (Å²) in [5.74, 6) is -1.31. The topological polar surface area (TPSA) is 127 Å². The second kappa shape index (κ2) is 9.97. The number of carbonyl (C=O) groups excluding carboxylic acids is 2. The molecule has 0 aromatic heterocycles. The lowest BCUT2D eigenvalue weighted by atomic mass is 9.92. The molecule has 3 amide bonds. The van der Waals surface area contributed by atoms with Gasteiger partial charge >= 0.3 is 6.03 Å². The van der Waals surface area contributed by atoms with Crippen LogP contribution in [0.2, 0.25) is 0 Å². The van der Waals surface area contributed by atoms with Crippen molar-refractivity contribution in [3.05, 3.63) is 70.9 Å². The van der Waals surface area contributed by atoms with Crippen LogP contribution in [0.5, 0.6) is 0 Å². The van der Waals surface area contributed by atoms with E-state index in [-0.39, 0.29) is 29.7 Å². The molecule has 0 spiro atoms. The third kappa shape index (κ3) is 5.14. The van der Waals surface area contributed by atoms with Crippen LogP contribution < -0.4 is 21.7 Å². The zero-order valence-electron chi connectivity index (χ0n) is 20.0. The Labute approximate surface area is 211 Å². The molecule has 3 aliphatic rings. The van der Waals surface area contributed by atoms with Crippen LogP contribution in [0.1, 0.15) is 17.0 Å². The molecule has 0 radical (unpaired) electrons. The standard InChI is InChI=1S/C25H26F2N8O2/c1-14-2-4-18(26)21(8-14)33-25(37)32-20-5-3-15(9-19(20)27)17-10-16(11-34-7-6-29-22(36)12-34)35-23(17)24(28)30-13-31-35/h2-5,8-10,13,17,23H,6-7,11-12H2,1H3,(H,29,36)(H2,28,30,31)(H2,32,33,37). The number of rotatable bonds is 5. The number of halogens is 2. The first-order chi connectivity index (χ1) is 17.8. The highest BCUT2D eigenvalue weighted by Gasteiger charge is 2.40. The predicted octanol–water partition coefficient (Wildman–Crippen LogP) is 2.31. The van der Waals surface area contributed by atoms with Crippen LogP contribution in [0.25, 0.3) is 0 Å². The van der Waals surface area contributed by atoms with Gasteiger partial charge in [0.25, 0.3) is 0 Å². The maximum atomic E-state index is 15.1. The molecule has 5 N–H and O–H groups in total. The second-order valence-electron chi connectivity index (χ2n) is 9.12. The molecular weight excluding hydrogens is 482 g/mol. The lowest BCUT2D eigenvalue weighted by Crippen LogP contribution is -2.50.